The van der Waals surface area contributed by atoms with Gasteiger partial charge in [-0.1, -0.05) is 12.1 Å². The molecule has 0 radical (unpaired) electrons. The molecule has 0 atom stereocenters. The minimum Gasteiger partial charge on any atom is -0.405 e. The maximum Gasteiger partial charge on any atom is 0.573 e. The fraction of sp³-hybridized carbons (Fsp3) is 0.200. The Morgan fingerprint density at radius 3 is 1.62 bits per heavy atom. The summed E-state index contributed by atoms with van der Waals surface area (Å²) in [6.45, 7) is 19.0. The lowest BCUT2D eigenvalue weighted by atomic mass is 9.89. The zero-order chi connectivity index (χ0) is 30.7. The standard InChI is InChI=1S/C30H14F6N4O2/c1-13-5-6-14(2)23-15(13)9-17-25(20(12-38)40-4)28-18(24(27(17)23)19(11-37)39-3)10-16-21(41-29(31,32)33)7-8-22(26(16)28)42-30(34,35)36/h5-8H,9-10H2,1-2H3/b24-19-,25-20+. The van der Waals surface area contributed by atoms with Crippen LogP contribution in [0.2, 0.25) is 0 Å². The molecule has 208 valence electrons. The van der Waals surface area contributed by atoms with Crippen molar-refractivity contribution in [2.75, 3.05) is 0 Å². The van der Waals surface area contributed by atoms with Crippen molar-refractivity contribution in [3.8, 4) is 45.9 Å². The largest absolute Gasteiger partial charge is 0.573 e. The maximum atomic E-state index is 13.5. The van der Waals surface area contributed by atoms with Gasteiger partial charge in [0.15, 0.2) is 0 Å². The monoisotopic (exact) mass is 576 g/mol. The van der Waals surface area contributed by atoms with Crippen LogP contribution in [0.25, 0.3) is 43.3 Å². The maximum absolute atomic E-state index is 13.5. The highest BCUT2D eigenvalue weighted by atomic mass is 19.4. The quantitative estimate of drug-likeness (QED) is 0.182. The van der Waals surface area contributed by atoms with Gasteiger partial charge in [-0.2, -0.15) is 0 Å². The van der Waals surface area contributed by atoms with Crippen LogP contribution in [0, 0.1) is 49.7 Å². The van der Waals surface area contributed by atoms with E-state index >= 15 is 0 Å². The fourth-order valence-corrected chi connectivity index (χ4v) is 5.84. The number of rotatable bonds is 2. The second-order valence-electron chi connectivity index (χ2n) is 9.52. The van der Waals surface area contributed by atoms with Crippen molar-refractivity contribution in [1.82, 2.24) is 0 Å². The third-order valence-corrected chi connectivity index (χ3v) is 7.26. The smallest absolute Gasteiger partial charge is 0.405 e. The van der Waals surface area contributed by atoms with Crippen molar-refractivity contribution in [3.05, 3.63) is 90.9 Å². The van der Waals surface area contributed by atoms with Crippen LogP contribution in [0.5, 0.6) is 11.5 Å². The van der Waals surface area contributed by atoms with E-state index in [0.717, 1.165) is 16.7 Å². The van der Waals surface area contributed by atoms with Gasteiger partial charge >= 0.3 is 12.7 Å². The van der Waals surface area contributed by atoms with Gasteiger partial charge in [-0.25, -0.2) is 20.2 Å². The Hall–Kier alpha value is -5.46. The highest BCUT2D eigenvalue weighted by Crippen LogP contribution is 2.49. The van der Waals surface area contributed by atoms with Gasteiger partial charge < -0.3 is 9.47 Å². The zero-order valence-corrected chi connectivity index (χ0v) is 21.6. The van der Waals surface area contributed by atoms with Gasteiger partial charge in [-0.3, -0.25) is 0 Å². The van der Waals surface area contributed by atoms with Gasteiger partial charge in [0.25, 0.3) is 11.4 Å². The summed E-state index contributed by atoms with van der Waals surface area (Å²) < 4.78 is 89.1. The van der Waals surface area contributed by atoms with E-state index in [1.54, 1.807) is 19.1 Å². The van der Waals surface area contributed by atoms with E-state index in [-0.39, 0.29) is 33.5 Å². The van der Waals surface area contributed by atoms with E-state index in [4.69, 9.17) is 13.1 Å². The summed E-state index contributed by atoms with van der Waals surface area (Å²) in [6.07, 6.45) is -10.9. The topological polar surface area (TPSA) is 74.8 Å². The molecule has 2 aliphatic rings. The van der Waals surface area contributed by atoms with Crippen LogP contribution in [-0.4, -0.2) is 12.7 Å². The Balaban J connectivity index is 2.10. The normalized spacial score (nSPS) is 14.2. The van der Waals surface area contributed by atoms with Crippen molar-refractivity contribution in [2.45, 2.75) is 39.4 Å². The van der Waals surface area contributed by atoms with Gasteiger partial charge in [0.05, 0.1) is 25.3 Å². The highest BCUT2D eigenvalue weighted by molar-refractivity contribution is 5.95. The molecule has 0 saturated carbocycles. The summed E-state index contributed by atoms with van der Waals surface area (Å²) in [5, 5.41) is 19.8. The van der Waals surface area contributed by atoms with Crippen LogP contribution < -0.4 is 19.9 Å². The van der Waals surface area contributed by atoms with Gasteiger partial charge in [0, 0.05) is 28.0 Å². The highest BCUT2D eigenvalue weighted by Gasteiger charge is 2.40. The van der Waals surface area contributed by atoms with Crippen LogP contribution in [0.3, 0.4) is 0 Å². The molecule has 0 spiro atoms. The second-order valence-corrected chi connectivity index (χ2v) is 9.52. The average molecular weight is 576 g/mol. The van der Waals surface area contributed by atoms with E-state index in [1.165, 1.54) is 0 Å². The second kappa shape index (κ2) is 9.58. The molecule has 0 amide bonds. The lowest BCUT2D eigenvalue weighted by Crippen LogP contribution is -2.26. The summed E-state index contributed by atoms with van der Waals surface area (Å²) >= 11 is 0. The lowest BCUT2D eigenvalue weighted by Gasteiger charge is -2.18. The summed E-state index contributed by atoms with van der Waals surface area (Å²) in [7, 11) is 0. The first kappa shape index (κ1) is 28.1. The van der Waals surface area contributed by atoms with Crippen LogP contribution in [0.1, 0.15) is 33.4 Å². The van der Waals surface area contributed by atoms with E-state index in [1.807, 2.05) is 19.1 Å². The zero-order valence-electron chi connectivity index (χ0n) is 21.6. The van der Waals surface area contributed by atoms with E-state index < -0.39 is 47.6 Å². The molecule has 2 aliphatic carbocycles. The molecule has 5 rings (SSSR count). The summed E-state index contributed by atoms with van der Waals surface area (Å²) in [5.41, 5.74) is 1.60. The lowest BCUT2D eigenvalue weighted by molar-refractivity contribution is -0.277. The molecule has 6 nitrogen and oxygen atoms in total. The first-order chi connectivity index (χ1) is 19.7. The Kier molecular flexibility index (Phi) is 6.40. The predicted octanol–water partition coefficient (Wildman–Crippen LogP) is 6.35. The Labute approximate surface area is 234 Å². The van der Waals surface area contributed by atoms with Gasteiger partial charge in [0.2, 0.25) is 0 Å². The molecule has 12 heteroatoms. The summed E-state index contributed by atoms with van der Waals surface area (Å²) in [6, 6.07) is 8.56. The minimum atomic E-state index is -5.25. The van der Waals surface area contributed by atoms with Crippen molar-refractivity contribution in [2.24, 2.45) is 0 Å². The minimum absolute atomic E-state index is 0.0155. The van der Waals surface area contributed by atoms with Gasteiger partial charge in [-0.15, -0.1) is 26.3 Å². The molecule has 0 fully saturated rings. The molecule has 0 saturated heterocycles. The van der Waals surface area contributed by atoms with E-state index in [9.17, 15) is 36.9 Å². The van der Waals surface area contributed by atoms with E-state index in [0.29, 0.717) is 28.8 Å². The first-order valence-electron chi connectivity index (χ1n) is 12.0. The van der Waals surface area contributed by atoms with Gasteiger partial charge in [0.1, 0.15) is 11.5 Å². The molecule has 0 unspecified atom stereocenters. The average Bonchev–Trinajstić information content (AvgIpc) is 3.49. The van der Waals surface area contributed by atoms with E-state index in [2.05, 4.69) is 19.2 Å². The number of ether oxygens (including phenoxy) is 2. The number of aryl methyl sites for hydroxylation is 2. The number of alkyl halides is 6. The van der Waals surface area contributed by atoms with Crippen molar-refractivity contribution < 1.29 is 35.8 Å². The Morgan fingerprint density at radius 1 is 0.667 bits per heavy atom. The first-order valence-corrected chi connectivity index (χ1v) is 12.0. The molecule has 0 bridgehead atoms. The fourth-order valence-electron chi connectivity index (χ4n) is 5.84. The SMILES string of the molecule is [C-]#[N+]/C(C#N)=c1/c2c(/c(=C(\C#N)[N+]#[C-])c3c1-c1c(C)ccc(C)c1C3)-c1c(OC(F)(F)F)ccc(OC(F)(F)F)c1C2. The number of halogens is 6. The number of hydrogen-bond acceptors (Lipinski definition) is 4. The van der Waals surface area contributed by atoms with Crippen LogP contribution in [0.4, 0.5) is 26.3 Å². The molecule has 3 aromatic rings. The summed E-state index contributed by atoms with van der Waals surface area (Å²) in [4.78, 5) is 6.66. The predicted molar refractivity (Wildman–Crippen MR) is 136 cm³/mol. The molecule has 0 heterocycles. The molecular formula is C30H14F6N4O2. The molecule has 42 heavy (non-hydrogen) atoms. The molecular weight excluding hydrogens is 562 g/mol. The molecule has 0 aromatic heterocycles. The van der Waals surface area contributed by atoms with Gasteiger partial charge in [-0.05, 0) is 76.9 Å². The molecule has 3 aromatic carbocycles. The van der Waals surface area contributed by atoms with Crippen molar-refractivity contribution in [1.29, 1.82) is 10.5 Å². The summed E-state index contributed by atoms with van der Waals surface area (Å²) in [5.74, 6) is -1.71. The number of fused-ring (bicyclic) bond motifs is 6. The van der Waals surface area contributed by atoms with Crippen molar-refractivity contribution in [3.63, 3.8) is 0 Å². The third-order valence-electron chi connectivity index (χ3n) is 7.26. The number of nitrogens with zero attached hydrogens (tertiary/aromatic N) is 4. The van der Waals surface area contributed by atoms with Crippen LogP contribution >= 0.6 is 0 Å². The van der Waals surface area contributed by atoms with Crippen LogP contribution in [-0.2, 0) is 12.8 Å². The molecule has 0 aliphatic heterocycles. The third kappa shape index (κ3) is 4.35. The Morgan fingerprint density at radius 2 is 1.12 bits per heavy atom. The Bertz CT molecular complexity index is 2000. The number of benzene rings is 3. The molecule has 0 N–H and O–H groups in total. The van der Waals surface area contributed by atoms with Crippen LogP contribution in [0.15, 0.2) is 24.3 Å². The number of nitriles is 2. The van der Waals surface area contributed by atoms with Crippen molar-refractivity contribution >= 4 is 11.4 Å². The number of hydrogen-bond donors (Lipinski definition) is 0.